The van der Waals surface area contributed by atoms with Crippen molar-refractivity contribution in [2.45, 2.75) is 45.3 Å². The van der Waals surface area contributed by atoms with Crippen LogP contribution in [0.15, 0.2) is 24.3 Å². The summed E-state index contributed by atoms with van der Waals surface area (Å²) in [6, 6.07) is 7.54. The highest BCUT2D eigenvalue weighted by molar-refractivity contribution is 5.81. The van der Waals surface area contributed by atoms with E-state index in [1.54, 1.807) is 0 Å². The van der Waals surface area contributed by atoms with Gasteiger partial charge in [0.25, 0.3) is 5.91 Å². The van der Waals surface area contributed by atoms with Crippen LogP contribution in [0, 0.1) is 0 Å². The van der Waals surface area contributed by atoms with Crippen LogP contribution in [0.3, 0.4) is 0 Å². The highest BCUT2D eigenvalue weighted by Gasteiger charge is 2.24. The SMILES string of the molecule is CC(Oc1ccccc1[C@H](C)N)C(=O)N1CCCCC1. The van der Waals surface area contributed by atoms with Crippen molar-refractivity contribution < 1.29 is 9.53 Å². The molecule has 0 bridgehead atoms. The lowest BCUT2D eigenvalue weighted by atomic mass is 10.1. The molecule has 4 heteroatoms. The first kappa shape index (κ1) is 14.9. The first-order valence-corrected chi connectivity index (χ1v) is 7.39. The van der Waals surface area contributed by atoms with Crippen molar-refractivity contribution in [2.75, 3.05) is 13.1 Å². The quantitative estimate of drug-likeness (QED) is 0.919. The lowest BCUT2D eigenvalue weighted by molar-refractivity contribution is -0.138. The van der Waals surface area contributed by atoms with Gasteiger partial charge in [-0.25, -0.2) is 0 Å². The zero-order valence-electron chi connectivity index (χ0n) is 12.3. The van der Waals surface area contributed by atoms with Gasteiger partial charge < -0.3 is 15.4 Å². The molecule has 1 aromatic carbocycles. The summed E-state index contributed by atoms with van der Waals surface area (Å²) >= 11 is 0. The number of benzene rings is 1. The molecule has 0 aromatic heterocycles. The van der Waals surface area contributed by atoms with Gasteiger partial charge in [0.15, 0.2) is 6.10 Å². The van der Waals surface area contributed by atoms with E-state index in [0.717, 1.165) is 31.5 Å². The second kappa shape index (κ2) is 6.75. The predicted octanol–water partition coefficient (Wildman–Crippen LogP) is 2.49. The molecule has 1 aliphatic heterocycles. The standard InChI is InChI=1S/C16H24N2O2/c1-12(17)14-8-4-5-9-15(14)20-13(2)16(19)18-10-6-3-7-11-18/h4-5,8-9,12-13H,3,6-7,10-11,17H2,1-2H3/t12-,13?/m0/s1. The van der Waals surface area contributed by atoms with E-state index >= 15 is 0 Å². The number of para-hydroxylation sites is 1. The normalized spacial score (nSPS) is 18.4. The maximum absolute atomic E-state index is 12.4. The Morgan fingerprint density at radius 2 is 1.85 bits per heavy atom. The van der Waals surface area contributed by atoms with E-state index in [2.05, 4.69) is 0 Å². The van der Waals surface area contributed by atoms with Gasteiger partial charge >= 0.3 is 0 Å². The first-order valence-electron chi connectivity index (χ1n) is 7.39. The molecule has 1 aliphatic rings. The number of hydrogen-bond acceptors (Lipinski definition) is 3. The third kappa shape index (κ3) is 3.51. The molecule has 0 spiro atoms. The number of rotatable bonds is 4. The van der Waals surface area contributed by atoms with Crippen molar-refractivity contribution in [1.29, 1.82) is 0 Å². The van der Waals surface area contributed by atoms with Gasteiger partial charge in [0.1, 0.15) is 5.75 Å². The molecule has 2 rings (SSSR count). The first-order chi connectivity index (χ1) is 9.59. The van der Waals surface area contributed by atoms with Crippen molar-refractivity contribution in [3.8, 4) is 5.75 Å². The fraction of sp³-hybridized carbons (Fsp3) is 0.562. The molecule has 2 N–H and O–H groups in total. The third-order valence-corrected chi connectivity index (χ3v) is 3.73. The Labute approximate surface area is 120 Å². The van der Waals surface area contributed by atoms with Crippen LogP contribution in [0.1, 0.15) is 44.7 Å². The average molecular weight is 276 g/mol. The molecule has 1 fully saturated rings. The summed E-state index contributed by atoms with van der Waals surface area (Å²) in [5, 5.41) is 0. The number of carbonyl (C=O) groups excluding carboxylic acids is 1. The summed E-state index contributed by atoms with van der Waals surface area (Å²) in [6.45, 7) is 5.43. The Bertz CT molecular complexity index is 454. The highest BCUT2D eigenvalue weighted by atomic mass is 16.5. The van der Waals surface area contributed by atoms with E-state index < -0.39 is 6.10 Å². The fourth-order valence-corrected chi connectivity index (χ4v) is 2.58. The van der Waals surface area contributed by atoms with Crippen LogP contribution in [0.25, 0.3) is 0 Å². The molecule has 1 amide bonds. The minimum atomic E-state index is -0.465. The van der Waals surface area contributed by atoms with Crippen LogP contribution < -0.4 is 10.5 Å². The van der Waals surface area contributed by atoms with Crippen LogP contribution in [-0.2, 0) is 4.79 Å². The van der Waals surface area contributed by atoms with Crippen LogP contribution >= 0.6 is 0 Å². The number of nitrogens with zero attached hydrogens (tertiary/aromatic N) is 1. The van der Waals surface area contributed by atoms with Crippen molar-refractivity contribution in [3.63, 3.8) is 0 Å². The maximum atomic E-state index is 12.4. The molecule has 1 unspecified atom stereocenters. The van der Waals surface area contributed by atoms with Crippen molar-refractivity contribution in [1.82, 2.24) is 4.90 Å². The van der Waals surface area contributed by atoms with E-state index in [4.69, 9.17) is 10.5 Å². The van der Waals surface area contributed by atoms with Gasteiger partial charge in [-0.15, -0.1) is 0 Å². The number of amides is 1. The lowest BCUT2D eigenvalue weighted by Gasteiger charge is -2.29. The van der Waals surface area contributed by atoms with Gasteiger partial charge in [0.2, 0.25) is 0 Å². The molecule has 1 aromatic rings. The van der Waals surface area contributed by atoms with Crippen molar-refractivity contribution >= 4 is 5.91 Å². The van der Waals surface area contributed by atoms with E-state index in [-0.39, 0.29) is 11.9 Å². The summed E-state index contributed by atoms with van der Waals surface area (Å²) in [4.78, 5) is 14.3. The predicted molar refractivity (Wildman–Crippen MR) is 79.6 cm³/mol. The summed E-state index contributed by atoms with van der Waals surface area (Å²) in [5.41, 5.74) is 6.87. The summed E-state index contributed by atoms with van der Waals surface area (Å²) < 4.78 is 5.85. The van der Waals surface area contributed by atoms with Crippen molar-refractivity contribution in [3.05, 3.63) is 29.8 Å². The molecule has 2 atom stereocenters. The minimum absolute atomic E-state index is 0.0733. The Morgan fingerprint density at radius 3 is 2.50 bits per heavy atom. The molecular formula is C16H24N2O2. The molecule has 1 saturated heterocycles. The number of ether oxygens (including phenoxy) is 1. The van der Waals surface area contributed by atoms with Crippen LogP contribution in [-0.4, -0.2) is 30.0 Å². The number of piperidine rings is 1. The van der Waals surface area contributed by atoms with Crippen molar-refractivity contribution in [2.24, 2.45) is 5.73 Å². The Balaban J connectivity index is 2.03. The number of nitrogens with two attached hydrogens (primary N) is 1. The third-order valence-electron chi connectivity index (χ3n) is 3.73. The number of likely N-dealkylation sites (tertiary alicyclic amines) is 1. The maximum Gasteiger partial charge on any atom is 0.263 e. The molecular weight excluding hydrogens is 252 g/mol. The Hall–Kier alpha value is -1.55. The second-order valence-corrected chi connectivity index (χ2v) is 5.47. The fourth-order valence-electron chi connectivity index (χ4n) is 2.58. The van der Waals surface area contributed by atoms with E-state index in [0.29, 0.717) is 5.75 Å². The van der Waals surface area contributed by atoms with Crippen LogP contribution in [0.5, 0.6) is 5.75 Å². The van der Waals surface area contributed by atoms with Crippen LogP contribution in [0.4, 0.5) is 0 Å². The molecule has 1 heterocycles. The molecule has 0 saturated carbocycles. The van der Waals surface area contributed by atoms with Gasteiger partial charge in [0, 0.05) is 24.7 Å². The van der Waals surface area contributed by atoms with Gasteiger partial charge in [0.05, 0.1) is 0 Å². The van der Waals surface area contributed by atoms with E-state index in [1.807, 2.05) is 43.0 Å². The van der Waals surface area contributed by atoms with Crippen LogP contribution in [0.2, 0.25) is 0 Å². The average Bonchev–Trinajstić information content (AvgIpc) is 2.47. The number of hydrogen-bond donors (Lipinski definition) is 1. The zero-order valence-corrected chi connectivity index (χ0v) is 12.3. The van der Waals surface area contributed by atoms with Gasteiger partial charge in [-0.2, -0.15) is 0 Å². The summed E-state index contributed by atoms with van der Waals surface area (Å²) in [5.74, 6) is 0.782. The summed E-state index contributed by atoms with van der Waals surface area (Å²) in [6.07, 6.45) is 2.93. The molecule has 0 aliphatic carbocycles. The van der Waals surface area contributed by atoms with E-state index in [9.17, 15) is 4.79 Å². The topological polar surface area (TPSA) is 55.6 Å². The largest absolute Gasteiger partial charge is 0.481 e. The molecule has 4 nitrogen and oxygen atoms in total. The van der Waals surface area contributed by atoms with Gasteiger partial charge in [-0.05, 0) is 39.2 Å². The zero-order chi connectivity index (χ0) is 14.5. The summed E-state index contributed by atoms with van der Waals surface area (Å²) in [7, 11) is 0. The van der Waals surface area contributed by atoms with Gasteiger partial charge in [-0.3, -0.25) is 4.79 Å². The smallest absolute Gasteiger partial charge is 0.263 e. The second-order valence-electron chi connectivity index (χ2n) is 5.47. The Kier molecular flexibility index (Phi) is 5.01. The molecule has 110 valence electrons. The molecule has 20 heavy (non-hydrogen) atoms. The number of carbonyl (C=O) groups is 1. The van der Waals surface area contributed by atoms with Gasteiger partial charge in [-0.1, -0.05) is 18.2 Å². The van der Waals surface area contributed by atoms with E-state index in [1.165, 1.54) is 6.42 Å². The molecule has 0 radical (unpaired) electrons. The lowest BCUT2D eigenvalue weighted by Crippen LogP contribution is -2.43. The minimum Gasteiger partial charge on any atom is -0.481 e. The highest BCUT2D eigenvalue weighted by Crippen LogP contribution is 2.24. The Morgan fingerprint density at radius 1 is 1.20 bits per heavy atom. The monoisotopic (exact) mass is 276 g/mol.